The number of esters is 4. The van der Waals surface area contributed by atoms with Gasteiger partial charge < -0.3 is 23.7 Å². The van der Waals surface area contributed by atoms with Crippen molar-refractivity contribution in [3.63, 3.8) is 0 Å². The highest BCUT2D eigenvalue weighted by Gasteiger charge is 2.52. The minimum Gasteiger partial charge on any atom is -0.463 e. The van der Waals surface area contributed by atoms with Gasteiger partial charge in [0.25, 0.3) is 0 Å². The number of unbranched alkanes of at least 4 members (excludes halogenated alkanes) is 4. The molecule has 216 valence electrons. The van der Waals surface area contributed by atoms with Crippen LogP contribution in [0.5, 0.6) is 0 Å². The lowest BCUT2D eigenvalue weighted by atomic mass is 9.97. The molecule has 0 aromatic heterocycles. The minimum absolute atomic E-state index is 0.0870. The van der Waals surface area contributed by atoms with Crippen molar-refractivity contribution in [3.8, 4) is 0 Å². The van der Waals surface area contributed by atoms with Crippen molar-refractivity contribution in [2.24, 2.45) is 5.11 Å². The fourth-order valence-corrected chi connectivity index (χ4v) is 3.74. The van der Waals surface area contributed by atoms with Crippen molar-refractivity contribution < 1.29 is 42.9 Å². The second kappa shape index (κ2) is 19.3. The molecular weight excluding hydrogens is 498 g/mol. The summed E-state index contributed by atoms with van der Waals surface area (Å²) in [5.74, 6) is -2.25. The molecule has 0 N–H and O–H groups in total. The number of carbonyl (C=O) groups is 4. The summed E-state index contributed by atoms with van der Waals surface area (Å²) < 4.78 is 28.2. The van der Waals surface area contributed by atoms with Crippen molar-refractivity contribution >= 4 is 23.9 Å². The van der Waals surface area contributed by atoms with Crippen LogP contribution >= 0.6 is 0 Å². The van der Waals surface area contributed by atoms with Gasteiger partial charge in [0.15, 0.2) is 24.5 Å². The van der Waals surface area contributed by atoms with Crippen LogP contribution in [0.2, 0.25) is 0 Å². The zero-order valence-electron chi connectivity index (χ0n) is 23.1. The van der Waals surface area contributed by atoms with E-state index in [2.05, 4.69) is 10.0 Å². The summed E-state index contributed by atoms with van der Waals surface area (Å²) in [5.41, 5.74) is 9.17. The van der Waals surface area contributed by atoms with Gasteiger partial charge in [0.2, 0.25) is 0 Å². The first-order chi connectivity index (χ1) is 18.3. The number of azide groups is 1. The lowest BCUT2D eigenvalue weighted by Gasteiger charge is -2.43. The highest BCUT2D eigenvalue weighted by Crippen LogP contribution is 2.31. The zero-order valence-corrected chi connectivity index (χ0v) is 23.1. The average molecular weight is 542 g/mol. The first-order valence-electron chi connectivity index (χ1n) is 13.7. The summed E-state index contributed by atoms with van der Waals surface area (Å²) in [6.07, 6.45) is -0.666. The van der Waals surface area contributed by atoms with Crippen molar-refractivity contribution in [3.05, 3.63) is 10.4 Å². The molecule has 12 nitrogen and oxygen atoms in total. The van der Waals surface area contributed by atoms with E-state index in [0.717, 1.165) is 25.7 Å². The quantitative estimate of drug-likeness (QED) is 0.0758. The molecule has 1 heterocycles. The van der Waals surface area contributed by atoms with Crippen LogP contribution in [-0.2, 0) is 42.9 Å². The molecule has 1 rings (SSSR count). The Morgan fingerprint density at radius 1 is 0.684 bits per heavy atom. The average Bonchev–Trinajstić information content (AvgIpc) is 2.90. The van der Waals surface area contributed by atoms with Crippen LogP contribution in [0.25, 0.3) is 10.4 Å². The van der Waals surface area contributed by atoms with Gasteiger partial charge in [-0.25, -0.2) is 0 Å². The molecule has 0 amide bonds. The molecule has 0 unspecified atom stereocenters. The Balaban J connectivity index is 3.36. The van der Waals surface area contributed by atoms with Crippen molar-refractivity contribution in [1.82, 2.24) is 0 Å². The summed E-state index contributed by atoms with van der Waals surface area (Å²) in [6, 6.07) is 0. The fraction of sp³-hybridized carbons (Fsp3) is 0.846. The molecule has 5 atom stereocenters. The van der Waals surface area contributed by atoms with E-state index in [9.17, 15) is 19.2 Å². The van der Waals surface area contributed by atoms with Crippen LogP contribution in [0.4, 0.5) is 0 Å². The van der Waals surface area contributed by atoms with E-state index in [-0.39, 0.29) is 32.3 Å². The molecule has 0 spiro atoms. The van der Waals surface area contributed by atoms with Crippen LogP contribution in [0.1, 0.15) is 105 Å². The van der Waals surface area contributed by atoms with Crippen LogP contribution in [0.15, 0.2) is 5.11 Å². The summed E-state index contributed by atoms with van der Waals surface area (Å²) in [4.78, 5) is 52.9. The Labute approximate surface area is 224 Å². The van der Waals surface area contributed by atoms with E-state index in [1.807, 2.05) is 27.7 Å². The lowest BCUT2D eigenvalue weighted by Crippen LogP contribution is -2.62. The van der Waals surface area contributed by atoms with Gasteiger partial charge >= 0.3 is 23.9 Å². The zero-order chi connectivity index (χ0) is 28.3. The van der Waals surface area contributed by atoms with Gasteiger partial charge in [-0.15, -0.1) is 0 Å². The number of nitrogens with zero attached hydrogens (tertiary/aromatic N) is 3. The number of hydrogen-bond donors (Lipinski definition) is 0. The summed E-state index contributed by atoms with van der Waals surface area (Å²) in [6.45, 7) is 7.35. The molecular formula is C26H43N3O9. The van der Waals surface area contributed by atoms with Gasteiger partial charge in [-0.1, -0.05) is 58.5 Å². The SMILES string of the molecule is CCCCC(=O)OC[C@H]1O[C@@H](N=[N+]=[N-])[C@H](OC(=O)CCCC)[C@@H](OC(=O)CCCC)[C@H]1OC(=O)CCCC. The standard InChI is InChI=1S/C26H43N3O9/c1-5-9-13-19(30)34-17-18-23(36-20(31)14-10-6-2)24(37-21(32)15-11-7-3)25(26(35-18)28-29-27)38-22(33)16-12-8-4/h18,23-26H,5-17H2,1-4H3/t18-,23+,24+,25-,26-/m1/s1. The molecule has 1 saturated heterocycles. The number of ether oxygens (including phenoxy) is 5. The maximum absolute atomic E-state index is 12.7. The second-order valence-corrected chi connectivity index (χ2v) is 9.23. The normalized spacial score (nSPS) is 22.6. The van der Waals surface area contributed by atoms with Gasteiger partial charge in [-0.3, -0.25) is 19.2 Å². The molecule has 1 fully saturated rings. The molecule has 1 aliphatic rings. The molecule has 1 aliphatic heterocycles. The molecule has 0 radical (unpaired) electrons. The highest BCUT2D eigenvalue weighted by atomic mass is 16.7. The predicted octanol–water partition coefficient (Wildman–Crippen LogP) is 5.06. The number of carbonyl (C=O) groups excluding carboxylic acids is 4. The molecule has 0 aliphatic carbocycles. The van der Waals surface area contributed by atoms with Crippen molar-refractivity contribution in [1.29, 1.82) is 0 Å². The van der Waals surface area contributed by atoms with E-state index in [1.54, 1.807) is 0 Å². The highest BCUT2D eigenvalue weighted by molar-refractivity contribution is 5.72. The smallest absolute Gasteiger partial charge is 0.306 e. The molecule has 0 saturated carbocycles. The maximum atomic E-state index is 12.7. The Bertz CT molecular complexity index is 801. The first-order valence-corrected chi connectivity index (χ1v) is 13.7. The summed E-state index contributed by atoms with van der Waals surface area (Å²) in [7, 11) is 0. The van der Waals surface area contributed by atoms with Gasteiger partial charge in [-0.2, -0.15) is 0 Å². The summed E-state index contributed by atoms with van der Waals surface area (Å²) in [5, 5.41) is 3.62. The minimum atomic E-state index is -1.40. The topological polar surface area (TPSA) is 163 Å². The maximum Gasteiger partial charge on any atom is 0.306 e. The van der Waals surface area contributed by atoms with E-state index < -0.39 is 54.5 Å². The Morgan fingerprint density at radius 3 is 1.55 bits per heavy atom. The van der Waals surface area contributed by atoms with Crippen LogP contribution in [0.3, 0.4) is 0 Å². The number of rotatable bonds is 18. The first kappa shape index (κ1) is 33.2. The van der Waals surface area contributed by atoms with E-state index >= 15 is 0 Å². The third-order valence-electron chi connectivity index (χ3n) is 5.92. The Kier molecular flexibility index (Phi) is 16.8. The largest absolute Gasteiger partial charge is 0.463 e. The predicted molar refractivity (Wildman–Crippen MR) is 137 cm³/mol. The Morgan fingerprint density at radius 2 is 1.11 bits per heavy atom. The van der Waals surface area contributed by atoms with Gasteiger partial charge in [0, 0.05) is 30.6 Å². The van der Waals surface area contributed by atoms with E-state index in [0.29, 0.717) is 25.7 Å². The van der Waals surface area contributed by atoms with E-state index in [4.69, 9.17) is 29.2 Å². The summed E-state index contributed by atoms with van der Waals surface area (Å²) >= 11 is 0. The van der Waals surface area contributed by atoms with Gasteiger partial charge in [0.05, 0.1) is 0 Å². The monoisotopic (exact) mass is 541 g/mol. The van der Waals surface area contributed by atoms with Crippen molar-refractivity contribution in [2.45, 2.75) is 135 Å². The van der Waals surface area contributed by atoms with Gasteiger partial charge in [-0.05, 0) is 31.2 Å². The van der Waals surface area contributed by atoms with Crippen molar-refractivity contribution in [2.75, 3.05) is 6.61 Å². The van der Waals surface area contributed by atoms with Crippen LogP contribution in [-0.4, -0.2) is 61.1 Å². The molecule has 0 bridgehead atoms. The third-order valence-corrected chi connectivity index (χ3v) is 5.92. The van der Waals surface area contributed by atoms with Crippen LogP contribution < -0.4 is 0 Å². The fourth-order valence-electron chi connectivity index (χ4n) is 3.74. The van der Waals surface area contributed by atoms with Gasteiger partial charge in [0.1, 0.15) is 12.7 Å². The second-order valence-electron chi connectivity index (χ2n) is 9.23. The number of hydrogen-bond acceptors (Lipinski definition) is 10. The molecule has 38 heavy (non-hydrogen) atoms. The molecule has 12 heteroatoms. The lowest BCUT2D eigenvalue weighted by molar-refractivity contribution is -0.253. The van der Waals surface area contributed by atoms with Crippen LogP contribution in [0, 0.1) is 0 Å². The van der Waals surface area contributed by atoms with E-state index in [1.165, 1.54) is 0 Å². The Hall–Kier alpha value is -2.85. The molecule has 0 aromatic rings. The third kappa shape index (κ3) is 12.1. The molecule has 0 aromatic carbocycles.